The number of aliphatic hydroxyl groups is 1. The largest absolute Gasteiger partial charge is 0.389 e. The molecule has 21 heavy (non-hydrogen) atoms. The molecule has 2 aromatic rings. The van der Waals surface area contributed by atoms with Gasteiger partial charge in [-0.15, -0.1) is 0 Å². The molecule has 0 amide bonds. The molecule has 0 saturated heterocycles. The second-order valence-electron chi connectivity index (χ2n) is 6.20. The number of hydrogen-bond acceptors (Lipinski definition) is 4. The number of aromatic nitrogens is 1. The third kappa shape index (κ3) is 4.41. The second-order valence-corrected chi connectivity index (χ2v) is 6.20. The average Bonchev–Trinajstić information content (AvgIpc) is 2.37. The highest BCUT2D eigenvalue weighted by atomic mass is 16.3. The van der Waals surface area contributed by atoms with Crippen LogP contribution in [0.3, 0.4) is 0 Å². The zero-order valence-corrected chi connectivity index (χ0v) is 13.3. The molecule has 1 aromatic heterocycles. The lowest BCUT2D eigenvalue weighted by Gasteiger charge is -2.26. The van der Waals surface area contributed by atoms with Gasteiger partial charge in [-0.25, -0.2) is 4.98 Å². The van der Waals surface area contributed by atoms with Gasteiger partial charge in [0, 0.05) is 30.6 Å². The van der Waals surface area contributed by atoms with Crippen molar-refractivity contribution < 1.29 is 5.11 Å². The molecule has 0 aliphatic carbocycles. The van der Waals surface area contributed by atoms with E-state index < -0.39 is 5.60 Å². The van der Waals surface area contributed by atoms with Gasteiger partial charge < -0.3 is 10.4 Å². The second kappa shape index (κ2) is 6.41. The van der Waals surface area contributed by atoms with E-state index in [1.807, 2.05) is 39.1 Å². The summed E-state index contributed by atoms with van der Waals surface area (Å²) in [6.07, 6.45) is 0. The number of rotatable bonds is 6. The molecule has 0 fully saturated rings. The van der Waals surface area contributed by atoms with Crippen LogP contribution >= 0.6 is 0 Å². The van der Waals surface area contributed by atoms with E-state index in [-0.39, 0.29) is 0 Å². The lowest BCUT2D eigenvalue weighted by atomic mass is 10.1. The minimum atomic E-state index is -0.697. The van der Waals surface area contributed by atoms with Gasteiger partial charge in [0.25, 0.3) is 0 Å². The van der Waals surface area contributed by atoms with Crippen molar-refractivity contribution in [2.75, 3.05) is 25.5 Å². The standard InChI is InChI=1S/C17H25N3O/c1-5-18-16-14(11-20(4)12-17(2,3)21)10-13-8-6-7-9-15(13)19-16/h6-10,21H,5,11-12H2,1-4H3,(H,18,19). The van der Waals surface area contributed by atoms with Gasteiger partial charge in [-0.3, -0.25) is 4.90 Å². The Kier molecular flexibility index (Phi) is 4.80. The summed E-state index contributed by atoms with van der Waals surface area (Å²) < 4.78 is 0. The Balaban J connectivity index is 2.29. The number of nitrogens with one attached hydrogen (secondary N) is 1. The van der Waals surface area contributed by atoms with Crippen molar-refractivity contribution >= 4 is 16.7 Å². The van der Waals surface area contributed by atoms with Crippen molar-refractivity contribution in [1.82, 2.24) is 9.88 Å². The van der Waals surface area contributed by atoms with Crippen molar-refractivity contribution in [3.63, 3.8) is 0 Å². The maximum Gasteiger partial charge on any atom is 0.131 e. The molecule has 0 aliphatic rings. The van der Waals surface area contributed by atoms with Crippen LogP contribution in [0, 0.1) is 0 Å². The molecular formula is C17H25N3O. The minimum absolute atomic E-state index is 0.616. The van der Waals surface area contributed by atoms with Crippen LogP contribution in [0.25, 0.3) is 10.9 Å². The molecule has 0 aliphatic heterocycles. The highest BCUT2D eigenvalue weighted by molar-refractivity contribution is 5.81. The molecule has 0 bridgehead atoms. The van der Waals surface area contributed by atoms with Gasteiger partial charge in [0.15, 0.2) is 0 Å². The van der Waals surface area contributed by atoms with E-state index in [2.05, 4.69) is 29.3 Å². The molecule has 1 aromatic carbocycles. The van der Waals surface area contributed by atoms with Crippen molar-refractivity contribution in [1.29, 1.82) is 0 Å². The summed E-state index contributed by atoms with van der Waals surface area (Å²) in [5, 5.41) is 14.4. The number of likely N-dealkylation sites (N-methyl/N-ethyl adjacent to an activating group) is 1. The lowest BCUT2D eigenvalue weighted by Crippen LogP contribution is -2.36. The first kappa shape index (κ1) is 15.7. The Morgan fingerprint density at radius 1 is 1.29 bits per heavy atom. The lowest BCUT2D eigenvalue weighted by molar-refractivity contribution is 0.0425. The molecule has 0 radical (unpaired) electrons. The van der Waals surface area contributed by atoms with E-state index in [0.29, 0.717) is 6.54 Å². The number of nitrogens with zero attached hydrogens (tertiary/aromatic N) is 2. The molecule has 0 saturated carbocycles. The van der Waals surface area contributed by atoms with E-state index in [1.54, 1.807) is 0 Å². The molecular weight excluding hydrogens is 262 g/mol. The molecule has 114 valence electrons. The zero-order valence-electron chi connectivity index (χ0n) is 13.3. The first-order valence-electron chi connectivity index (χ1n) is 7.42. The summed E-state index contributed by atoms with van der Waals surface area (Å²) in [4.78, 5) is 6.83. The fourth-order valence-corrected chi connectivity index (χ4v) is 2.61. The normalized spacial score (nSPS) is 12.1. The van der Waals surface area contributed by atoms with Crippen LogP contribution in [-0.4, -0.2) is 40.7 Å². The molecule has 4 nitrogen and oxygen atoms in total. The van der Waals surface area contributed by atoms with Crippen molar-refractivity contribution in [3.05, 3.63) is 35.9 Å². The van der Waals surface area contributed by atoms with E-state index in [9.17, 15) is 5.11 Å². The number of hydrogen-bond donors (Lipinski definition) is 2. The molecule has 4 heteroatoms. The van der Waals surface area contributed by atoms with E-state index in [4.69, 9.17) is 4.98 Å². The molecule has 0 spiro atoms. The fraction of sp³-hybridized carbons (Fsp3) is 0.471. The maximum absolute atomic E-state index is 9.94. The van der Waals surface area contributed by atoms with Crippen LogP contribution in [-0.2, 0) is 6.54 Å². The van der Waals surface area contributed by atoms with E-state index >= 15 is 0 Å². The van der Waals surface area contributed by atoms with Gasteiger partial charge in [0.1, 0.15) is 5.82 Å². The van der Waals surface area contributed by atoms with Gasteiger partial charge in [-0.1, -0.05) is 18.2 Å². The number of anilines is 1. The third-order valence-electron chi connectivity index (χ3n) is 3.24. The number of para-hydroxylation sites is 1. The first-order valence-corrected chi connectivity index (χ1v) is 7.42. The molecule has 1 heterocycles. The van der Waals surface area contributed by atoms with Gasteiger partial charge in [0.05, 0.1) is 11.1 Å². The Bertz CT molecular complexity index is 604. The average molecular weight is 287 g/mol. The molecule has 0 atom stereocenters. The van der Waals surface area contributed by atoms with Gasteiger partial charge in [0.2, 0.25) is 0 Å². The Morgan fingerprint density at radius 2 is 2.00 bits per heavy atom. The number of pyridine rings is 1. The number of fused-ring (bicyclic) bond motifs is 1. The Labute approximate surface area is 126 Å². The quantitative estimate of drug-likeness (QED) is 0.857. The highest BCUT2D eigenvalue weighted by Crippen LogP contribution is 2.22. The van der Waals surface area contributed by atoms with E-state index in [0.717, 1.165) is 35.4 Å². The molecule has 2 N–H and O–H groups in total. The molecule has 2 rings (SSSR count). The van der Waals surface area contributed by atoms with Gasteiger partial charge in [-0.2, -0.15) is 0 Å². The van der Waals surface area contributed by atoms with Crippen molar-refractivity contribution in [2.24, 2.45) is 0 Å². The van der Waals surface area contributed by atoms with Crippen molar-refractivity contribution in [3.8, 4) is 0 Å². The predicted molar refractivity (Wildman–Crippen MR) is 88.5 cm³/mol. The summed E-state index contributed by atoms with van der Waals surface area (Å²) in [6.45, 7) is 7.94. The maximum atomic E-state index is 9.94. The fourth-order valence-electron chi connectivity index (χ4n) is 2.61. The van der Waals surface area contributed by atoms with Crippen LogP contribution in [0.1, 0.15) is 26.3 Å². The van der Waals surface area contributed by atoms with Crippen LogP contribution < -0.4 is 5.32 Å². The summed E-state index contributed by atoms with van der Waals surface area (Å²) in [7, 11) is 2.02. The minimum Gasteiger partial charge on any atom is -0.389 e. The highest BCUT2D eigenvalue weighted by Gasteiger charge is 2.17. The monoisotopic (exact) mass is 287 g/mol. The summed E-state index contributed by atoms with van der Waals surface area (Å²) in [6, 6.07) is 10.3. The smallest absolute Gasteiger partial charge is 0.131 e. The third-order valence-corrected chi connectivity index (χ3v) is 3.24. The van der Waals surface area contributed by atoms with Gasteiger partial charge in [-0.05, 0) is 40.0 Å². The summed E-state index contributed by atoms with van der Waals surface area (Å²) >= 11 is 0. The Hall–Kier alpha value is -1.65. The predicted octanol–water partition coefficient (Wildman–Crippen LogP) is 2.87. The topological polar surface area (TPSA) is 48.4 Å². The number of benzene rings is 1. The summed E-state index contributed by atoms with van der Waals surface area (Å²) in [5.74, 6) is 0.929. The zero-order chi connectivity index (χ0) is 15.5. The van der Waals surface area contributed by atoms with Crippen LogP contribution in [0.5, 0.6) is 0 Å². The first-order chi connectivity index (χ1) is 9.89. The van der Waals surface area contributed by atoms with Crippen LogP contribution in [0.15, 0.2) is 30.3 Å². The van der Waals surface area contributed by atoms with E-state index in [1.165, 1.54) is 0 Å². The van der Waals surface area contributed by atoms with Crippen LogP contribution in [0.4, 0.5) is 5.82 Å². The Morgan fingerprint density at radius 3 is 2.67 bits per heavy atom. The van der Waals surface area contributed by atoms with Crippen LogP contribution in [0.2, 0.25) is 0 Å². The molecule has 0 unspecified atom stereocenters. The van der Waals surface area contributed by atoms with Gasteiger partial charge >= 0.3 is 0 Å². The SMILES string of the molecule is CCNc1nc2ccccc2cc1CN(C)CC(C)(C)O. The van der Waals surface area contributed by atoms with Crippen molar-refractivity contribution in [2.45, 2.75) is 32.9 Å². The summed E-state index contributed by atoms with van der Waals surface area (Å²) in [5.41, 5.74) is 1.46.